The highest BCUT2D eigenvalue weighted by Crippen LogP contribution is 2.49. The highest BCUT2D eigenvalue weighted by Gasteiger charge is 2.51. The molecule has 1 heterocycles. The van der Waals surface area contributed by atoms with Crippen LogP contribution in [0.4, 0.5) is 39.5 Å². The number of rotatable bonds is 3. The Hall–Kier alpha value is -1.69. The largest absolute Gasteiger partial charge is 0.496 e. The van der Waals surface area contributed by atoms with E-state index in [1.54, 1.807) is 0 Å². The van der Waals surface area contributed by atoms with Gasteiger partial charge in [0.05, 0.1) is 18.2 Å². The van der Waals surface area contributed by atoms with Crippen molar-refractivity contribution in [1.82, 2.24) is 10.2 Å². The monoisotopic (exact) mass is 410 g/mol. The lowest BCUT2D eigenvalue weighted by Crippen LogP contribution is -2.49. The first-order valence-electron chi connectivity index (χ1n) is 7.64. The molecule has 154 valence electrons. The summed E-state index contributed by atoms with van der Waals surface area (Å²) in [5, 5.41) is 2.76. The fraction of sp³-hybridized carbons (Fsp3) is 0.600. The number of piperazine rings is 1. The van der Waals surface area contributed by atoms with Crippen molar-refractivity contribution in [2.45, 2.75) is 24.6 Å². The lowest BCUT2D eigenvalue weighted by Gasteiger charge is -2.37. The Bertz CT molecular complexity index is 661. The van der Waals surface area contributed by atoms with Gasteiger partial charge < -0.3 is 10.1 Å². The van der Waals surface area contributed by atoms with Crippen LogP contribution in [0, 0.1) is 0 Å². The normalized spacial score (nSPS) is 18.4. The third-order valence-electron chi connectivity index (χ3n) is 4.09. The van der Waals surface area contributed by atoms with Crippen molar-refractivity contribution < 1.29 is 44.3 Å². The molecule has 1 N–H and O–H groups in total. The standard InChI is InChI=1S/C15H15F9N2O/c1-27-10-7-8(13(16,17)18)6-9(14(19,20)21)11(10)12(15(22,23)24)26-4-2-25-3-5-26/h6-7,12,25H,2-5H2,1H3/t12-/m0/s1. The molecule has 0 spiro atoms. The maximum Gasteiger partial charge on any atom is 0.416 e. The molecule has 1 aliphatic heterocycles. The van der Waals surface area contributed by atoms with Crippen LogP contribution >= 0.6 is 0 Å². The fourth-order valence-electron chi connectivity index (χ4n) is 2.97. The molecule has 2 rings (SSSR count). The summed E-state index contributed by atoms with van der Waals surface area (Å²) in [6.07, 6.45) is -15.8. The number of hydrogen-bond acceptors (Lipinski definition) is 3. The maximum atomic E-state index is 13.7. The minimum absolute atomic E-state index is 0.0941. The quantitative estimate of drug-likeness (QED) is 0.755. The van der Waals surface area contributed by atoms with E-state index < -0.39 is 47.0 Å². The number of methoxy groups -OCH3 is 1. The molecule has 1 saturated heterocycles. The van der Waals surface area contributed by atoms with Crippen molar-refractivity contribution in [3.8, 4) is 5.75 Å². The summed E-state index contributed by atoms with van der Waals surface area (Å²) in [4.78, 5) is 0.747. The van der Waals surface area contributed by atoms with Crippen molar-refractivity contribution in [2.75, 3.05) is 33.3 Å². The predicted octanol–water partition coefficient (Wildman–Crippen LogP) is 4.24. The molecule has 27 heavy (non-hydrogen) atoms. The average molecular weight is 410 g/mol. The van der Waals surface area contributed by atoms with E-state index in [1.165, 1.54) is 0 Å². The van der Waals surface area contributed by atoms with Gasteiger partial charge in [-0.15, -0.1) is 0 Å². The third-order valence-corrected chi connectivity index (χ3v) is 4.09. The van der Waals surface area contributed by atoms with Gasteiger partial charge in [-0.05, 0) is 12.1 Å². The van der Waals surface area contributed by atoms with E-state index in [-0.39, 0.29) is 38.3 Å². The van der Waals surface area contributed by atoms with E-state index >= 15 is 0 Å². The Morgan fingerprint density at radius 3 is 1.89 bits per heavy atom. The van der Waals surface area contributed by atoms with Crippen LogP contribution in [0.3, 0.4) is 0 Å². The van der Waals surface area contributed by atoms with E-state index in [2.05, 4.69) is 10.1 Å². The van der Waals surface area contributed by atoms with Crippen molar-refractivity contribution in [3.63, 3.8) is 0 Å². The van der Waals surface area contributed by atoms with E-state index in [0.29, 0.717) is 0 Å². The van der Waals surface area contributed by atoms with E-state index in [0.717, 1.165) is 12.0 Å². The minimum Gasteiger partial charge on any atom is -0.496 e. The lowest BCUT2D eigenvalue weighted by molar-refractivity contribution is -0.191. The van der Waals surface area contributed by atoms with Gasteiger partial charge in [0, 0.05) is 31.7 Å². The molecule has 1 aromatic carbocycles. The summed E-state index contributed by atoms with van der Waals surface area (Å²) >= 11 is 0. The second kappa shape index (κ2) is 7.38. The van der Waals surface area contributed by atoms with Gasteiger partial charge in [0.15, 0.2) is 0 Å². The summed E-state index contributed by atoms with van der Waals surface area (Å²) in [5.41, 5.74) is -5.13. The first-order chi connectivity index (χ1) is 12.3. The third kappa shape index (κ3) is 4.78. The average Bonchev–Trinajstić information content (AvgIpc) is 2.52. The summed E-state index contributed by atoms with van der Waals surface area (Å²) in [7, 11) is 0.727. The number of benzene rings is 1. The molecule has 0 aliphatic carbocycles. The number of alkyl halides is 9. The molecule has 0 aromatic heterocycles. The summed E-state index contributed by atoms with van der Waals surface area (Å²) < 4.78 is 125. The molecule has 0 radical (unpaired) electrons. The Balaban J connectivity index is 2.77. The Kier molecular flexibility index (Phi) is 5.91. The van der Waals surface area contributed by atoms with Crippen LogP contribution in [-0.2, 0) is 12.4 Å². The zero-order valence-electron chi connectivity index (χ0n) is 13.8. The molecule has 0 bridgehead atoms. The van der Waals surface area contributed by atoms with E-state index in [9.17, 15) is 39.5 Å². The smallest absolute Gasteiger partial charge is 0.416 e. The highest BCUT2D eigenvalue weighted by molar-refractivity contribution is 5.49. The van der Waals surface area contributed by atoms with Crippen molar-refractivity contribution in [3.05, 3.63) is 28.8 Å². The highest BCUT2D eigenvalue weighted by atomic mass is 19.4. The molecule has 1 aromatic rings. The Labute approximate surface area is 148 Å². The van der Waals surface area contributed by atoms with Crippen LogP contribution in [0.1, 0.15) is 22.7 Å². The predicted molar refractivity (Wildman–Crippen MR) is 76.2 cm³/mol. The summed E-state index contributed by atoms with van der Waals surface area (Å²) in [5.74, 6) is -1.11. The summed E-state index contributed by atoms with van der Waals surface area (Å²) in [6, 6.07) is -2.90. The van der Waals surface area contributed by atoms with Gasteiger partial charge in [-0.25, -0.2) is 0 Å². The van der Waals surface area contributed by atoms with Gasteiger partial charge in [0.1, 0.15) is 11.8 Å². The van der Waals surface area contributed by atoms with E-state index in [4.69, 9.17) is 0 Å². The molecular weight excluding hydrogens is 395 g/mol. The molecule has 12 heteroatoms. The van der Waals surface area contributed by atoms with Gasteiger partial charge in [-0.3, -0.25) is 4.90 Å². The molecule has 0 unspecified atom stereocenters. The van der Waals surface area contributed by atoms with Gasteiger partial charge >= 0.3 is 18.5 Å². The Morgan fingerprint density at radius 2 is 1.48 bits per heavy atom. The topological polar surface area (TPSA) is 24.5 Å². The molecule has 3 nitrogen and oxygen atoms in total. The van der Waals surface area contributed by atoms with Crippen molar-refractivity contribution in [2.24, 2.45) is 0 Å². The van der Waals surface area contributed by atoms with Crippen LogP contribution in [0.2, 0.25) is 0 Å². The zero-order chi connectivity index (χ0) is 20.6. The fourth-order valence-corrected chi connectivity index (χ4v) is 2.97. The maximum absolute atomic E-state index is 13.7. The second-order valence-electron chi connectivity index (χ2n) is 5.87. The number of nitrogens with one attached hydrogen (secondary N) is 1. The summed E-state index contributed by atoms with van der Waals surface area (Å²) in [6.45, 7) is -0.273. The number of hydrogen-bond donors (Lipinski definition) is 1. The molecule has 1 aliphatic rings. The van der Waals surface area contributed by atoms with Crippen LogP contribution in [-0.4, -0.2) is 44.4 Å². The van der Waals surface area contributed by atoms with E-state index in [1.807, 2.05) is 0 Å². The lowest BCUT2D eigenvalue weighted by atomic mass is 9.93. The van der Waals surface area contributed by atoms with Gasteiger partial charge in [0.2, 0.25) is 0 Å². The van der Waals surface area contributed by atoms with Gasteiger partial charge in [-0.1, -0.05) is 0 Å². The number of halogens is 9. The van der Waals surface area contributed by atoms with Crippen molar-refractivity contribution >= 4 is 0 Å². The van der Waals surface area contributed by atoms with Crippen LogP contribution in [0.5, 0.6) is 5.75 Å². The van der Waals surface area contributed by atoms with Crippen LogP contribution in [0.25, 0.3) is 0 Å². The second-order valence-corrected chi connectivity index (χ2v) is 5.87. The molecule has 1 atom stereocenters. The number of ether oxygens (including phenoxy) is 1. The molecule has 0 amide bonds. The number of nitrogens with zero attached hydrogens (tertiary/aromatic N) is 1. The first-order valence-corrected chi connectivity index (χ1v) is 7.64. The molecule has 0 saturated carbocycles. The SMILES string of the molecule is COc1cc(C(F)(F)F)cc(C(F)(F)F)c1[C@H](N1CCNCC1)C(F)(F)F. The molecular formula is C15H15F9N2O. The van der Waals surface area contributed by atoms with Crippen molar-refractivity contribution in [1.29, 1.82) is 0 Å². The van der Waals surface area contributed by atoms with Crippen LogP contribution in [0.15, 0.2) is 12.1 Å². The zero-order valence-corrected chi connectivity index (χ0v) is 13.8. The first kappa shape index (κ1) is 21.6. The Morgan fingerprint density at radius 1 is 0.926 bits per heavy atom. The molecule has 1 fully saturated rings. The van der Waals surface area contributed by atoms with Gasteiger partial charge in [0.25, 0.3) is 0 Å². The van der Waals surface area contributed by atoms with Gasteiger partial charge in [-0.2, -0.15) is 39.5 Å². The minimum atomic E-state index is -5.44. The van der Waals surface area contributed by atoms with Crippen LogP contribution < -0.4 is 10.1 Å².